The van der Waals surface area contributed by atoms with Crippen LogP contribution in [0.5, 0.6) is 0 Å². The molecule has 0 spiro atoms. The van der Waals surface area contributed by atoms with Gasteiger partial charge in [0, 0.05) is 37.3 Å². The number of aliphatic hydroxyl groups excluding tert-OH is 1. The van der Waals surface area contributed by atoms with Crippen molar-refractivity contribution >= 4 is 17.8 Å². The molecule has 2 aliphatic rings. The molecular weight excluding hydrogens is 539 g/mol. The lowest BCUT2D eigenvalue weighted by Crippen LogP contribution is -2.49. The standard InChI is InChI=1S/C28H37N3O3.C2HF3O2/c1-28(2,19-32)27(34)30(18-20-7-4-3-5-8-20)13-14-31-24-11-12-25(31)17-23(16-24)21-9-6-10-22(15-21)26(29)33;3-2(4,5)1(6)7/h3-10,15,23-25,32H,11-14,16-19H2,1-2H3,(H2,29,33);(H,6,7)/t23?,24-,25+;. The summed E-state index contributed by atoms with van der Waals surface area (Å²) in [7, 11) is 0. The summed E-state index contributed by atoms with van der Waals surface area (Å²) < 4.78 is 31.7. The molecule has 0 aromatic heterocycles. The number of fused-ring (bicyclic) bond motifs is 2. The van der Waals surface area contributed by atoms with Crippen LogP contribution >= 0.6 is 0 Å². The van der Waals surface area contributed by atoms with E-state index < -0.39 is 17.6 Å². The van der Waals surface area contributed by atoms with E-state index in [9.17, 15) is 27.9 Å². The van der Waals surface area contributed by atoms with Crippen molar-refractivity contribution in [1.29, 1.82) is 0 Å². The van der Waals surface area contributed by atoms with Crippen molar-refractivity contribution in [2.75, 3.05) is 19.7 Å². The Morgan fingerprint density at radius 1 is 1.00 bits per heavy atom. The number of halogens is 3. The van der Waals surface area contributed by atoms with Crippen LogP contribution in [0.25, 0.3) is 0 Å². The number of aliphatic carboxylic acids is 1. The topological polar surface area (TPSA) is 124 Å². The largest absolute Gasteiger partial charge is 0.490 e. The third kappa shape index (κ3) is 8.53. The molecule has 8 nitrogen and oxygen atoms in total. The molecule has 0 aliphatic carbocycles. The van der Waals surface area contributed by atoms with E-state index in [1.807, 2.05) is 61.2 Å². The van der Waals surface area contributed by atoms with Crippen molar-refractivity contribution < 1.29 is 37.8 Å². The van der Waals surface area contributed by atoms with E-state index in [0.717, 1.165) is 24.9 Å². The minimum absolute atomic E-state index is 0.00986. The van der Waals surface area contributed by atoms with Crippen LogP contribution in [0, 0.1) is 5.41 Å². The van der Waals surface area contributed by atoms with Gasteiger partial charge in [-0.25, -0.2) is 4.79 Å². The monoisotopic (exact) mass is 577 g/mol. The predicted molar refractivity (Wildman–Crippen MR) is 147 cm³/mol. The van der Waals surface area contributed by atoms with Gasteiger partial charge in [0.1, 0.15) is 0 Å². The lowest BCUT2D eigenvalue weighted by Gasteiger charge is -2.41. The molecule has 2 bridgehead atoms. The highest BCUT2D eigenvalue weighted by Crippen LogP contribution is 2.43. The van der Waals surface area contributed by atoms with E-state index in [2.05, 4.69) is 11.0 Å². The van der Waals surface area contributed by atoms with Crippen molar-refractivity contribution in [3.63, 3.8) is 0 Å². The first-order chi connectivity index (χ1) is 19.2. The highest BCUT2D eigenvalue weighted by Gasteiger charge is 2.41. The van der Waals surface area contributed by atoms with E-state index in [1.54, 1.807) is 6.07 Å². The highest BCUT2D eigenvalue weighted by molar-refractivity contribution is 5.92. The van der Waals surface area contributed by atoms with E-state index in [0.29, 0.717) is 36.7 Å². The molecule has 2 heterocycles. The fourth-order valence-electron chi connectivity index (χ4n) is 5.65. The van der Waals surface area contributed by atoms with Gasteiger partial charge in [0.05, 0.1) is 12.0 Å². The van der Waals surface area contributed by atoms with Gasteiger partial charge in [0.25, 0.3) is 0 Å². The second-order valence-electron chi connectivity index (χ2n) is 11.3. The molecule has 0 saturated carbocycles. The summed E-state index contributed by atoms with van der Waals surface area (Å²) in [5.74, 6) is -2.71. The van der Waals surface area contributed by atoms with Gasteiger partial charge in [-0.15, -0.1) is 0 Å². The van der Waals surface area contributed by atoms with Crippen molar-refractivity contribution in [2.45, 2.75) is 70.3 Å². The number of alkyl halides is 3. The zero-order valence-electron chi connectivity index (χ0n) is 23.3. The van der Waals surface area contributed by atoms with Gasteiger partial charge in [0.2, 0.25) is 11.8 Å². The number of aliphatic hydroxyl groups is 1. The number of nitrogens with zero attached hydrogens (tertiary/aromatic N) is 2. The number of hydrogen-bond donors (Lipinski definition) is 3. The zero-order chi connectivity index (χ0) is 30.4. The van der Waals surface area contributed by atoms with Crippen LogP contribution in [0.1, 0.15) is 66.9 Å². The quantitative estimate of drug-likeness (QED) is 0.411. The molecule has 4 N–H and O–H groups in total. The number of amides is 2. The molecule has 11 heteroatoms. The lowest BCUT2D eigenvalue weighted by atomic mass is 9.84. The second-order valence-corrected chi connectivity index (χ2v) is 11.3. The van der Waals surface area contributed by atoms with Crippen LogP contribution in [-0.4, -0.2) is 75.8 Å². The molecule has 3 atom stereocenters. The number of carboxylic acids is 1. The first kappa shape index (κ1) is 32.1. The van der Waals surface area contributed by atoms with Gasteiger partial charge < -0.3 is 20.8 Å². The van der Waals surface area contributed by atoms with Crippen LogP contribution in [0.2, 0.25) is 0 Å². The van der Waals surface area contributed by atoms with E-state index in [1.165, 1.54) is 18.4 Å². The number of primary amides is 1. The number of nitrogens with two attached hydrogens (primary N) is 1. The summed E-state index contributed by atoms with van der Waals surface area (Å²) in [4.78, 5) is 38.3. The Morgan fingerprint density at radius 3 is 2.10 bits per heavy atom. The number of carboxylic acid groups (broad SMARTS) is 1. The Labute approximate surface area is 237 Å². The summed E-state index contributed by atoms with van der Waals surface area (Å²) in [5, 5.41) is 16.9. The number of carbonyl (C=O) groups is 3. The molecule has 1 unspecified atom stereocenters. The van der Waals surface area contributed by atoms with E-state index in [4.69, 9.17) is 15.6 Å². The summed E-state index contributed by atoms with van der Waals surface area (Å²) in [6.07, 6.45) is -0.613. The van der Waals surface area contributed by atoms with Gasteiger partial charge in [-0.3, -0.25) is 14.5 Å². The second kappa shape index (κ2) is 13.5. The van der Waals surface area contributed by atoms with Crippen molar-refractivity contribution in [3.05, 3.63) is 71.3 Å². The summed E-state index contributed by atoms with van der Waals surface area (Å²) >= 11 is 0. The van der Waals surface area contributed by atoms with Crippen molar-refractivity contribution in [3.8, 4) is 0 Å². The first-order valence-corrected chi connectivity index (χ1v) is 13.6. The maximum Gasteiger partial charge on any atom is 0.490 e. The molecule has 2 aromatic carbocycles. The molecule has 0 radical (unpaired) electrons. The third-order valence-corrected chi connectivity index (χ3v) is 7.88. The van der Waals surface area contributed by atoms with Crippen LogP contribution in [0.15, 0.2) is 54.6 Å². The van der Waals surface area contributed by atoms with Gasteiger partial charge in [-0.2, -0.15) is 13.2 Å². The molecule has 2 aromatic rings. The van der Waals surface area contributed by atoms with Crippen LogP contribution in [0.4, 0.5) is 13.2 Å². The minimum atomic E-state index is -5.08. The molecule has 2 aliphatic heterocycles. The molecule has 2 saturated heterocycles. The van der Waals surface area contributed by atoms with Gasteiger partial charge in [-0.1, -0.05) is 42.5 Å². The average molecular weight is 578 g/mol. The highest BCUT2D eigenvalue weighted by atomic mass is 19.4. The number of piperidine rings is 1. The lowest BCUT2D eigenvalue weighted by molar-refractivity contribution is -0.192. The van der Waals surface area contributed by atoms with Crippen LogP contribution in [0.3, 0.4) is 0 Å². The number of benzene rings is 2. The fourth-order valence-corrected chi connectivity index (χ4v) is 5.65. The summed E-state index contributed by atoms with van der Waals surface area (Å²) in [6.45, 7) is 5.48. The minimum Gasteiger partial charge on any atom is -0.475 e. The van der Waals surface area contributed by atoms with E-state index >= 15 is 0 Å². The fraction of sp³-hybridized carbons (Fsp3) is 0.500. The van der Waals surface area contributed by atoms with E-state index in [-0.39, 0.29) is 18.4 Å². The average Bonchev–Trinajstić information content (AvgIpc) is 3.17. The Kier molecular flexibility index (Phi) is 10.5. The smallest absolute Gasteiger partial charge is 0.475 e. The first-order valence-electron chi connectivity index (χ1n) is 13.6. The molecule has 2 fully saturated rings. The summed E-state index contributed by atoms with van der Waals surface area (Å²) in [5.41, 5.74) is 7.58. The van der Waals surface area contributed by atoms with Gasteiger partial charge in [-0.05, 0) is 68.7 Å². The molecular formula is C30H38F3N3O5. The Hall–Kier alpha value is -3.44. The van der Waals surface area contributed by atoms with Crippen molar-refractivity contribution in [1.82, 2.24) is 9.80 Å². The molecule has 4 rings (SSSR count). The molecule has 224 valence electrons. The number of rotatable bonds is 9. The maximum absolute atomic E-state index is 13.3. The number of carbonyl (C=O) groups excluding carboxylic acids is 2. The number of hydrogen-bond acceptors (Lipinski definition) is 5. The molecule has 41 heavy (non-hydrogen) atoms. The predicted octanol–water partition coefficient (Wildman–Crippen LogP) is 4.18. The SMILES string of the molecule is CC(C)(CO)C(=O)N(CCN1[C@@H]2CC[C@H]1CC(c1cccc(C(N)=O)c1)C2)Cc1ccccc1.O=C(O)C(F)(F)F. The van der Waals surface area contributed by atoms with Crippen LogP contribution in [-0.2, 0) is 16.1 Å². The van der Waals surface area contributed by atoms with Crippen molar-refractivity contribution in [2.24, 2.45) is 11.1 Å². The maximum atomic E-state index is 13.3. The van der Waals surface area contributed by atoms with Crippen LogP contribution < -0.4 is 5.73 Å². The Morgan fingerprint density at radius 2 is 1.59 bits per heavy atom. The molecule has 2 amide bonds. The Balaban J connectivity index is 0.000000587. The van der Waals surface area contributed by atoms with Gasteiger partial charge >= 0.3 is 12.1 Å². The Bertz CT molecular complexity index is 1190. The third-order valence-electron chi connectivity index (χ3n) is 7.88. The normalized spacial score (nSPS) is 20.6. The van der Waals surface area contributed by atoms with Gasteiger partial charge in [0.15, 0.2) is 0 Å². The zero-order valence-corrected chi connectivity index (χ0v) is 23.3. The summed E-state index contributed by atoms with van der Waals surface area (Å²) in [6, 6.07) is 18.8.